The number of fused-ring (bicyclic) bond motifs is 4. The second-order valence-electron chi connectivity index (χ2n) is 6.97. The first-order chi connectivity index (χ1) is 14.4. The summed E-state index contributed by atoms with van der Waals surface area (Å²) in [6.07, 6.45) is 1.80. The Hall–Kier alpha value is -4.05. The van der Waals surface area contributed by atoms with Crippen LogP contribution in [-0.4, -0.2) is 19.5 Å². The van der Waals surface area contributed by atoms with E-state index in [1.165, 1.54) is 10.8 Å². The first-order valence-corrected chi connectivity index (χ1v) is 9.57. The standard InChI is InChI=1S/C25H16N4/c1-4-12-20-19(11-1)24(21-13-7-8-16-26-21)28-25(27-20)29-22-14-5-2-9-17(22)18-10-3-6-15-23(18)29/h1-16H. The van der Waals surface area contributed by atoms with Gasteiger partial charge in [-0.15, -0.1) is 0 Å². The van der Waals surface area contributed by atoms with Crippen LogP contribution >= 0.6 is 0 Å². The number of nitrogens with zero attached hydrogens (tertiary/aromatic N) is 4. The number of aromatic nitrogens is 4. The molecule has 0 saturated heterocycles. The average molecular weight is 372 g/mol. The Morgan fingerprint density at radius 1 is 0.552 bits per heavy atom. The molecule has 0 aliphatic rings. The van der Waals surface area contributed by atoms with Gasteiger partial charge in [0.2, 0.25) is 5.95 Å². The van der Waals surface area contributed by atoms with Crippen LogP contribution in [0.1, 0.15) is 0 Å². The maximum Gasteiger partial charge on any atom is 0.235 e. The van der Waals surface area contributed by atoms with Crippen molar-refractivity contribution in [1.82, 2.24) is 19.5 Å². The third-order valence-electron chi connectivity index (χ3n) is 5.28. The number of para-hydroxylation sites is 3. The smallest absolute Gasteiger partial charge is 0.235 e. The highest BCUT2D eigenvalue weighted by atomic mass is 15.2. The molecule has 0 saturated carbocycles. The molecular formula is C25H16N4. The Kier molecular flexibility index (Phi) is 3.43. The van der Waals surface area contributed by atoms with Gasteiger partial charge >= 0.3 is 0 Å². The SMILES string of the molecule is c1ccc(-c2nc(-n3c4ccccc4c4ccccc43)nc3ccccc23)nc1. The first kappa shape index (κ1) is 16.0. The molecule has 0 fully saturated rings. The molecular weight excluding hydrogens is 356 g/mol. The van der Waals surface area contributed by atoms with Gasteiger partial charge in [-0.3, -0.25) is 9.55 Å². The van der Waals surface area contributed by atoms with E-state index in [4.69, 9.17) is 9.97 Å². The van der Waals surface area contributed by atoms with Gasteiger partial charge in [0.05, 0.1) is 22.2 Å². The average Bonchev–Trinajstić information content (AvgIpc) is 3.13. The fourth-order valence-corrected chi connectivity index (χ4v) is 4.00. The molecule has 0 bridgehead atoms. The molecule has 136 valence electrons. The van der Waals surface area contributed by atoms with Crippen LogP contribution in [0.25, 0.3) is 50.0 Å². The predicted molar refractivity (Wildman–Crippen MR) is 117 cm³/mol. The molecule has 0 atom stereocenters. The highest BCUT2D eigenvalue weighted by Crippen LogP contribution is 2.32. The minimum atomic E-state index is 0.654. The van der Waals surface area contributed by atoms with Gasteiger partial charge in [0.25, 0.3) is 0 Å². The zero-order valence-electron chi connectivity index (χ0n) is 15.5. The van der Waals surface area contributed by atoms with E-state index in [2.05, 4.69) is 64.1 Å². The molecule has 3 aromatic carbocycles. The van der Waals surface area contributed by atoms with Crippen molar-refractivity contribution in [1.29, 1.82) is 0 Å². The summed E-state index contributed by atoms with van der Waals surface area (Å²) in [5.41, 5.74) is 4.77. The molecule has 0 amide bonds. The number of pyridine rings is 1. The first-order valence-electron chi connectivity index (χ1n) is 9.57. The Morgan fingerprint density at radius 2 is 1.17 bits per heavy atom. The van der Waals surface area contributed by atoms with Crippen molar-refractivity contribution in [3.8, 4) is 17.3 Å². The van der Waals surface area contributed by atoms with Crippen molar-refractivity contribution in [2.24, 2.45) is 0 Å². The van der Waals surface area contributed by atoms with Crippen LogP contribution in [0.3, 0.4) is 0 Å². The molecule has 4 heteroatoms. The van der Waals surface area contributed by atoms with Crippen LogP contribution in [0.5, 0.6) is 0 Å². The lowest BCUT2D eigenvalue weighted by Gasteiger charge is -2.11. The monoisotopic (exact) mass is 372 g/mol. The minimum absolute atomic E-state index is 0.654. The topological polar surface area (TPSA) is 43.6 Å². The van der Waals surface area contributed by atoms with Crippen LogP contribution in [0.15, 0.2) is 97.2 Å². The molecule has 0 aliphatic heterocycles. The fourth-order valence-electron chi connectivity index (χ4n) is 4.00. The van der Waals surface area contributed by atoms with E-state index in [0.29, 0.717) is 5.95 Å². The summed E-state index contributed by atoms with van der Waals surface area (Å²) in [4.78, 5) is 14.5. The number of benzene rings is 3. The molecule has 0 N–H and O–H groups in total. The molecule has 6 rings (SSSR count). The van der Waals surface area contributed by atoms with E-state index in [0.717, 1.165) is 33.3 Å². The van der Waals surface area contributed by atoms with E-state index in [1.807, 2.05) is 36.4 Å². The molecule has 0 unspecified atom stereocenters. The summed E-state index contributed by atoms with van der Waals surface area (Å²) in [5.74, 6) is 0.654. The summed E-state index contributed by atoms with van der Waals surface area (Å²) in [6, 6.07) is 30.8. The molecule has 6 aromatic rings. The van der Waals surface area contributed by atoms with Gasteiger partial charge in [0.15, 0.2) is 0 Å². The quantitative estimate of drug-likeness (QED) is 0.386. The summed E-state index contributed by atoms with van der Waals surface area (Å²) >= 11 is 0. The van der Waals surface area contributed by atoms with Gasteiger partial charge in [-0.2, -0.15) is 0 Å². The molecule has 29 heavy (non-hydrogen) atoms. The number of hydrogen-bond donors (Lipinski definition) is 0. The Labute approximate surface area is 167 Å². The minimum Gasteiger partial charge on any atom is -0.278 e. The molecule has 0 spiro atoms. The summed E-state index contributed by atoms with van der Waals surface area (Å²) in [6.45, 7) is 0. The van der Waals surface area contributed by atoms with Crippen LogP contribution in [0, 0.1) is 0 Å². The van der Waals surface area contributed by atoms with Gasteiger partial charge < -0.3 is 0 Å². The van der Waals surface area contributed by atoms with Crippen molar-refractivity contribution in [3.63, 3.8) is 0 Å². The molecule has 0 radical (unpaired) electrons. The van der Waals surface area contributed by atoms with Crippen molar-refractivity contribution in [3.05, 3.63) is 97.2 Å². The Balaban J connectivity index is 1.75. The largest absolute Gasteiger partial charge is 0.278 e. The molecule has 4 nitrogen and oxygen atoms in total. The lowest BCUT2D eigenvalue weighted by molar-refractivity contribution is 1.01. The predicted octanol–water partition coefficient (Wildman–Crippen LogP) is 5.79. The zero-order chi connectivity index (χ0) is 19.2. The second kappa shape index (κ2) is 6.24. The van der Waals surface area contributed by atoms with Gasteiger partial charge in [0.1, 0.15) is 5.69 Å². The summed E-state index contributed by atoms with van der Waals surface area (Å²) < 4.78 is 2.14. The van der Waals surface area contributed by atoms with Crippen LogP contribution in [0.2, 0.25) is 0 Å². The summed E-state index contributed by atoms with van der Waals surface area (Å²) in [7, 11) is 0. The van der Waals surface area contributed by atoms with Crippen molar-refractivity contribution < 1.29 is 0 Å². The highest BCUT2D eigenvalue weighted by Gasteiger charge is 2.16. The van der Waals surface area contributed by atoms with Gasteiger partial charge in [-0.1, -0.05) is 60.7 Å². The molecule has 3 heterocycles. The third-order valence-corrected chi connectivity index (χ3v) is 5.28. The molecule has 3 aromatic heterocycles. The van der Waals surface area contributed by atoms with Gasteiger partial charge in [-0.05, 0) is 30.3 Å². The summed E-state index contributed by atoms with van der Waals surface area (Å²) in [5, 5.41) is 3.38. The van der Waals surface area contributed by atoms with E-state index in [-0.39, 0.29) is 0 Å². The second-order valence-corrected chi connectivity index (χ2v) is 6.97. The number of hydrogen-bond acceptors (Lipinski definition) is 3. The van der Waals surface area contributed by atoms with E-state index in [1.54, 1.807) is 6.20 Å². The van der Waals surface area contributed by atoms with Crippen molar-refractivity contribution in [2.75, 3.05) is 0 Å². The van der Waals surface area contributed by atoms with Crippen molar-refractivity contribution >= 4 is 32.7 Å². The third kappa shape index (κ3) is 2.43. The highest BCUT2D eigenvalue weighted by molar-refractivity contribution is 6.09. The normalized spacial score (nSPS) is 11.4. The van der Waals surface area contributed by atoms with E-state index in [9.17, 15) is 0 Å². The lowest BCUT2D eigenvalue weighted by Crippen LogP contribution is -2.03. The van der Waals surface area contributed by atoms with Crippen LogP contribution < -0.4 is 0 Å². The lowest BCUT2D eigenvalue weighted by atomic mass is 10.1. The maximum atomic E-state index is 5.00. The fraction of sp³-hybridized carbons (Fsp3) is 0. The van der Waals surface area contributed by atoms with E-state index < -0.39 is 0 Å². The van der Waals surface area contributed by atoms with Gasteiger partial charge in [-0.25, -0.2) is 9.97 Å². The zero-order valence-corrected chi connectivity index (χ0v) is 15.5. The van der Waals surface area contributed by atoms with Crippen LogP contribution in [-0.2, 0) is 0 Å². The van der Waals surface area contributed by atoms with E-state index >= 15 is 0 Å². The van der Waals surface area contributed by atoms with Crippen molar-refractivity contribution in [2.45, 2.75) is 0 Å². The van der Waals surface area contributed by atoms with Gasteiger partial charge in [0, 0.05) is 22.4 Å². The van der Waals surface area contributed by atoms with Crippen LogP contribution in [0.4, 0.5) is 0 Å². The Bertz CT molecular complexity index is 1450. The molecule has 0 aliphatic carbocycles. The maximum absolute atomic E-state index is 5.00. The number of rotatable bonds is 2. The Morgan fingerprint density at radius 3 is 1.86 bits per heavy atom.